The molecule has 7 heteroatoms. The number of nitrogens with zero attached hydrogens (tertiary/aromatic N) is 1. The van der Waals surface area contributed by atoms with Gasteiger partial charge >= 0.3 is 5.97 Å². The molecule has 0 radical (unpaired) electrons. The molecular formula is C21H27NO6. The van der Waals surface area contributed by atoms with E-state index in [9.17, 15) is 4.79 Å². The molecule has 28 heavy (non-hydrogen) atoms. The van der Waals surface area contributed by atoms with Crippen LogP contribution >= 0.6 is 0 Å². The predicted octanol–water partition coefficient (Wildman–Crippen LogP) is 3.80. The first-order chi connectivity index (χ1) is 13.3. The summed E-state index contributed by atoms with van der Waals surface area (Å²) in [4.78, 5) is 15.9. The van der Waals surface area contributed by atoms with Crippen LogP contribution < -0.4 is 14.2 Å². The number of aliphatic hydroxyl groups is 1. The van der Waals surface area contributed by atoms with Crippen molar-refractivity contribution in [2.75, 3.05) is 20.5 Å². The quantitative estimate of drug-likeness (QED) is 0.543. The van der Waals surface area contributed by atoms with Crippen molar-refractivity contribution in [2.24, 2.45) is 0 Å². The first kappa shape index (κ1) is 21.5. The molecule has 0 aliphatic carbocycles. The van der Waals surface area contributed by atoms with Gasteiger partial charge in [0.15, 0.2) is 13.4 Å². The van der Waals surface area contributed by atoms with Gasteiger partial charge in [-0.25, -0.2) is 9.78 Å². The largest absolute Gasteiger partial charge is 0.482 e. The number of hydrogen-bond donors (Lipinski definition) is 1. The van der Waals surface area contributed by atoms with Gasteiger partial charge in [-0.05, 0) is 55.5 Å². The Hall–Kier alpha value is -2.80. The van der Waals surface area contributed by atoms with Crippen LogP contribution in [0.1, 0.15) is 42.1 Å². The van der Waals surface area contributed by atoms with Crippen LogP contribution in [0.25, 0.3) is 0 Å². The number of aliphatic hydroxyl groups excluding tert-OH is 1. The van der Waals surface area contributed by atoms with Crippen LogP contribution in [-0.4, -0.2) is 36.6 Å². The zero-order valence-electron chi connectivity index (χ0n) is 17.2. The molecule has 7 nitrogen and oxygen atoms in total. The van der Waals surface area contributed by atoms with E-state index in [0.717, 1.165) is 16.7 Å². The first-order valence-corrected chi connectivity index (χ1v) is 9.01. The van der Waals surface area contributed by atoms with Crippen molar-refractivity contribution in [1.29, 1.82) is 0 Å². The van der Waals surface area contributed by atoms with E-state index in [1.165, 1.54) is 7.11 Å². The summed E-state index contributed by atoms with van der Waals surface area (Å²) in [5.74, 6) is 1.91. The van der Waals surface area contributed by atoms with Gasteiger partial charge in [0.2, 0.25) is 5.88 Å². The van der Waals surface area contributed by atoms with Crippen molar-refractivity contribution in [3.63, 3.8) is 0 Å². The Morgan fingerprint density at radius 1 is 1.11 bits per heavy atom. The number of methoxy groups -OCH3 is 1. The van der Waals surface area contributed by atoms with E-state index < -0.39 is 12.8 Å². The van der Waals surface area contributed by atoms with E-state index >= 15 is 0 Å². The van der Waals surface area contributed by atoms with E-state index in [1.54, 1.807) is 12.1 Å². The normalized spacial score (nSPS) is 10.7. The molecule has 0 unspecified atom stereocenters. The molecule has 0 fully saturated rings. The fourth-order valence-corrected chi connectivity index (χ4v) is 2.73. The van der Waals surface area contributed by atoms with Crippen LogP contribution in [-0.2, 0) is 9.53 Å². The number of carbonyl (C=O) groups is 1. The highest BCUT2D eigenvalue weighted by molar-refractivity contribution is 5.71. The average Bonchev–Trinajstić information content (AvgIpc) is 2.67. The second kappa shape index (κ2) is 9.41. The number of benzene rings is 1. The maximum atomic E-state index is 11.3. The zero-order valence-corrected chi connectivity index (χ0v) is 17.2. The Kier molecular flexibility index (Phi) is 7.23. The number of esters is 1. The molecule has 0 atom stereocenters. The van der Waals surface area contributed by atoms with Crippen LogP contribution in [0.2, 0.25) is 0 Å². The number of rotatable bonds is 8. The second-order valence-corrected chi connectivity index (χ2v) is 6.70. The molecule has 0 saturated carbocycles. The van der Waals surface area contributed by atoms with Crippen LogP contribution in [0, 0.1) is 20.8 Å². The maximum Gasteiger partial charge on any atom is 0.343 e. The highest BCUT2D eigenvalue weighted by Gasteiger charge is 2.17. The summed E-state index contributed by atoms with van der Waals surface area (Å²) in [5.41, 5.74) is 3.32. The topological polar surface area (TPSA) is 87.1 Å². The minimum absolute atomic E-state index is 0.100. The Morgan fingerprint density at radius 3 is 2.43 bits per heavy atom. The lowest BCUT2D eigenvalue weighted by atomic mass is 10.0. The van der Waals surface area contributed by atoms with E-state index in [0.29, 0.717) is 28.8 Å². The van der Waals surface area contributed by atoms with Crippen molar-refractivity contribution in [3.8, 4) is 23.1 Å². The fourth-order valence-electron chi connectivity index (χ4n) is 2.73. The zero-order chi connectivity index (χ0) is 20.8. The van der Waals surface area contributed by atoms with Gasteiger partial charge in [-0.2, -0.15) is 0 Å². The molecule has 2 aromatic rings. The number of ether oxygens (including phenoxy) is 4. The smallest absolute Gasteiger partial charge is 0.343 e. The van der Waals surface area contributed by atoms with E-state index in [2.05, 4.69) is 9.72 Å². The van der Waals surface area contributed by atoms with Gasteiger partial charge in [-0.1, -0.05) is 13.8 Å². The summed E-state index contributed by atoms with van der Waals surface area (Å²) in [7, 11) is 1.32. The van der Waals surface area contributed by atoms with E-state index in [-0.39, 0.29) is 12.5 Å². The highest BCUT2D eigenvalue weighted by atomic mass is 16.6. The molecule has 1 aromatic heterocycles. The summed E-state index contributed by atoms with van der Waals surface area (Å²) in [6, 6.07) is 5.26. The molecular weight excluding hydrogens is 362 g/mol. The second-order valence-electron chi connectivity index (χ2n) is 6.70. The minimum Gasteiger partial charge on any atom is -0.482 e. The molecule has 1 aromatic carbocycles. The molecule has 0 aliphatic rings. The number of carbonyl (C=O) groups excluding carboxylic acids is 1. The molecule has 1 heterocycles. The number of aryl methyl sites for hydroxylation is 1. The van der Waals surface area contributed by atoms with E-state index in [4.69, 9.17) is 19.3 Å². The third-order valence-electron chi connectivity index (χ3n) is 4.39. The van der Waals surface area contributed by atoms with Crippen LogP contribution in [0.15, 0.2) is 18.2 Å². The van der Waals surface area contributed by atoms with Gasteiger partial charge in [0, 0.05) is 6.07 Å². The molecule has 0 spiro atoms. The van der Waals surface area contributed by atoms with E-state index in [1.807, 2.05) is 40.7 Å². The summed E-state index contributed by atoms with van der Waals surface area (Å²) in [5, 5.41) is 9.03. The van der Waals surface area contributed by atoms with Crippen LogP contribution in [0.3, 0.4) is 0 Å². The number of aromatic nitrogens is 1. The highest BCUT2D eigenvalue weighted by Crippen LogP contribution is 2.36. The summed E-state index contributed by atoms with van der Waals surface area (Å²) < 4.78 is 21.5. The van der Waals surface area contributed by atoms with Gasteiger partial charge in [-0.15, -0.1) is 0 Å². The first-order valence-electron chi connectivity index (χ1n) is 9.01. The molecule has 1 N–H and O–H groups in total. The molecule has 2 rings (SSSR count). The lowest BCUT2D eigenvalue weighted by Gasteiger charge is -2.18. The van der Waals surface area contributed by atoms with Crippen molar-refractivity contribution >= 4 is 5.97 Å². The Bertz CT molecular complexity index is 847. The number of hydrogen-bond acceptors (Lipinski definition) is 7. The van der Waals surface area contributed by atoms with Crippen molar-refractivity contribution in [2.45, 2.75) is 40.5 Å². The van der Waals surface area contributed by atoms with Gasteiger partial charge < -0.3 is 24.1 Å². The molecule has 0 saturated heterocycles. The summed E-state index contributed by atoms with van der Waals surface area (Å²) in [6.07, 6.45) is 0. The standard InChI is InChI=1S/C21H27NO6/c1-12(2)20-16(27-11-23)7-8-18(22-20)28-21-13(3)9-17(14(4)15(21)5)26-10-19(24)25-6/h7-9,12,23H,10-11H2,1-6H3. The molecule has 0 aliphatic heterocycles. The Labute approximate surface area is 165 Å². The third-order valence-corrected chi connectivity index (χ3v) is 4.39. The van der Waals surface area contributed by atoms with Gasteiger partial charge in [0.1, 0.15) is 17.2 Å². The molecule has 0 bridgehead atoms. The molecule has 0 amide bonds. The van der Waals surface area contributed by atoms with Gasteiger partial charge in [0.25, 0.3) is 0 Å². The third kappa shape index (κ3) is 4.92. The predicted molar refractivity (Wildman–Crippen MR) is 104 cm³/mol. The van der Waals surface area contributed by atoms with Crippen molar-refractivity contribution in [3.05, 3.63) is 40.6 Å². The Morgan fingerprint density at radius 2 is 1.82 bits per heavy atom. The SMILES string of the molecule is COC(=O)COc1cc(C)c(Oc2ccc(OCO)c(C(C)C)n2)c(C)c1C. The monoisotopic (exact) mass is 389 g/mol. The number of pyridine rings is 1. The van der Waals surface area contributed by atoms with Crippen LogP contribution in [0.5, 0.6) is 23.1 Å². The lowest BCUT2D eigenvalue weighted by Crippen LogP contribution is -2.13. The van der Waals surface area contributed by atoms with Crippen LogP contribution in [0.4, 0.5) is 0 Å². The Balaban J connectivity index is 2.32. The van der Waals surface area contributed by atoms with Crippen molar-refractivity contribution in [1.82, 2.24) is 4.98 Å². The summed E-state index contributed by atoms with van der Waals surface area (Å²) in [6.45, 7) is 9.15. The fraction of sp³-hybridized carbons (Fsp3) is 0.429. The average molecular weight is 389 g/mol. The summed E-state index contributed by atoms with van der Waals surface area (Å²) >= 11 is 0. The minimum atomic E-state index is -0.439. The molecule has 152 valence electrons. The van der Waals surface area contributed by atoms with Gasteiger partial charge in [-0.3, -0.25) is 0 Å². The lowest BCUT2D eigenvalue weighted by molar-refractivity contribution is -0.142. The maximum absolute atomic E-state index is 11.3. The van der Waals surface area contributed by atoms with Gasteiger partial charge in [0.05, 0.1) is 12.8 Å². The van der Waals surface area contributed by atoms with Crippen molar-refractivity contribution < 1.29 is 28.8 Å².